The van der Waals surface area contributed by atoms with Crippen molar-refractivity contribution in [1.82, 2.24) is 9.55 Å². The van der Waals surface area contributed by atoms with E-state index in [-0.39, 0.29) is 11.2 Å². The normalized spacial score (nSPS) is 10.3. The number of halogens is 1. The summed E-state index contributed by atoms with van der Waals surface area (Å²) >= 11 is 5.67. The van der Waals surface area contributed by atoms with Crippen LogP contribution in [0.15, 0.2) is 36.7 Å². The number of nitro groups is 1. The third kappa shape index (κ3) is 2.72. The van der Waals surface area contributed by atoms with E-state index in [2.05, 4.69) is 4.98 Å². The van der Waals surface area contributed by atoms with E-state index in [0.717, 1.165) is 5.56 Å². The van der Waals surface area contributed by atoms with Gasteiger partial charge in [0.15, 0.2) is 0 Å². The van der Waals surface area contributed by atoms with Crippen LogP contribution in [0, 0.1) is 15.5 Å². The molecule has 0 aliphatic rings. The van der Waals surface area contributed by atoms with E-state index in [1.807, 2.05) is 0 Å². The van der Waals surface area contributed by atoms with Crippen LogP contribution in [0.1, 0.15) is 5.56 Å². The van der Waals surface area contributed by atoms with Gasteiger partial charge in [0, 0.05) is 12.3 Å². The molecular weight excluding hydrogens is 256 g/mol. The van der Waals surface area contributed by atoms with Gasteiger partial charge in [-0.15, -0.1) is 0 Å². The topological polar surface area (TPSA) is 84.8 Å². The summed E-state index contributed by atoms with van der Waals surface area (Å²) in [6.07, 6.45) is 2.91. The van der Waals surface area contributed by atoms with Gasteiger partial charge in [-0.1, -0.05) is 17.7 Å². The summed E-state index contributed by atoms with van der Waals surface area (Å²) in [4.78, 5) is 14.1. The van der Waals surface area contributed by atoms with Crippen molar-refractivity contribution in [2.24, 2.45) is 0 Å². The van der Waals surface area contributed by atoms with E-state index in [1.54, 1.807) is 18.3 Å². The van der Waals surface area contributed by atoms with Gasteiger partial charge in [-0.3, -0.25) is 15.5 Å². The fraction of sp³-hybridized carbons (Fsp3) is 0.0909. The van der Waals surface area contributed by atoms with Crippen molar-refractivity contribution in [3.63, 3.8) is 0 Å². The highest BCUT2D eigenvalue weighted by atomic mass is 35.5. The number of hydrogen-bond acceptors (Lipinski definition) is 4. The predicted molar refractivity (Wildman–Crippen MR) is 65.3 cm³/mol. The second-order valence-corrected chi connectivity index (χ2v) is 4.03. The molecule has 0 spiro atoms. The molecule has 0 atom stereocenters. The highest BCUT2D eigenvalue weighted by Gasteiger charge is 2.06. The Hall–Kier alpha value is -2.21. The number of hydrogen-bond donors (Lipinski definition) is 1. The minimum absolute atomic E-state index is 0.0482. The highest BCUT2D eigenvalue weighted by molar-refractivity contribution is 6.29. The lowest BCUT2D eigenvalue weighted by Crippen LogP contribution is -2.19. The second-order valence-electron chi connectivity index (χ2n) is 3.65. The van der Waals surface area contributed by atoms with E-state index in [1.165, 1.54) is 22.9 Å². The standard InChI is InChI=1S/C11H9ClN4O2/c12-10-3-1-8(5-14-10)6-15-7-9(16(17)18)2-4-11(15)13/h1-5,7,13H,6H2. The summed E-state index contributed by atoms with van der Waals surface area (Å²) in [6.45, 7) is 0.338. The first-order valence-corrected chi connectivity index (χ1v) is 5.44. The molecule has 0 fully saturated rings. The number of aromatic nitrogens is 2. The molecule has 92 valence electrons. The van der Waals surface area contributed by atoms with Gasteiger partial charge >= 0.3 is 0 Å². The first kappa shape index (κ1) is 12.3. The SMILES string of the molecule is N=c1ccc([N+](=O)[O-])cn1Cc1ccc(Cl)nc1. The molecule has 0 aliphatic heterocycles. The van der Waals surface area contributed by atoms with Gasteiger partial charge in [-0.05, 0) is 17.7 Å². The molecule has 2 aromatic heterocycles. The van der Waals surface area contributed by atoms with Crippen LogP contribution in [-0.2, 0) is 6.54 Å². The van der Waals surface area contributed by atoms with Crippen LogP contribution < -0.4 is 5.49 Å². The van der Waals surface area contributed by atoms with Crippen LogP contribution in [-0.4, -0.2) is 14.5 Å². The molecule has 0 radical (unpaired) electrons. The second kappa shape index (κ2) is 4.97. The number of nitrogens with one attached hydrogen (secondary N) is 1. The van der Waals surface area contributed by atoms with Gasteiger partial charge in [0.1, 0.15) is 10.6 Å². The maximum atomic E-state index is 10.7. The van der Waals surface area contributed by atoms with E-state index in [0.29, 0.717) is 11.7 Å². The van der Waals surface area contributed by atoms with Crippen molar-refractivity contribution >= 4 is 17.3 Å². The van der Waals surface area contributed by atoms with Gasteiger partial charge in [-0.2, -0.15) is 0 Å². The molecule has 2 heterocycles. The van der Waals surface area contributed by atoms with E-state index in [4.69, 9.17) is 17.0 Å². The van der Waals surface area contributed by atoms with Crippen LogP contribution >= 0.6 is 11.6 Å². The molecule has 0 aliphatic carbocycles. The zero-order chi connectivity index (χ0) is 13.1. The molecule has 18 heavy (non-hydrogen) atoms. The fourth-order valence-corrected chi connectivity index (χ4v) is 1.58. The smallest absolute Gasteiger partial charge is 0.285 e. The van der Waals surface area contributed by atoms with Crippen LogP contribution in [0.3, 0.4) is 0 Å². The molecule has 6 nitrogen and oxygen atoms in total. The Bertz CT molecular complexity index is 636. The van der Waals surface area contributed by atoms with Crippen molar-refractivity contribution in [2.45, 2.75) is 6.54 Å². The summed E-state index contributed by atoms with van der Waals surface area (Å²) in [5.74, 6) is 0. The van der Waals surface area contributed by atoms with E-state index in [9.17, 15) is 10.1 Å². The summed E-state index contributed by atoms with van der Waals surface area (Å²) in [5, 5.41) is 18.7. The maximum absolute atomic E-state index is 10.7. The Morgan fingerprint density at radius 3 is 2.78 bits per heavy atom. The molecule has 0 saturated heterocycles. The average Bonchev–Trinajstić information content (AvgIpc) is 2.34. The molecule has 1 N–H and O–H groups in total. The zero-order valence-electron chi connectivity index (χ0n) is 9.21. The Labute approximate surface area is 107 Å². The average molecular weight is 265 g/mol. The maximum Gasteiger partial charge on any atom is 0.285 e. The third-order valence-electron chi connectivity index (χ3n) is 2.36. The molecule has 0 amide bonds. The Balaban J connectivity index is 2.33. The molecule has 0 unspecified atom stereocenters. The van der Waals surface area contributed by atoms with Gasteiger partial charge in [-0.25, -0.2) is 4.98 Å². The summed E-state index contributed by atoms with van der Waals surface area (Å²) in [6, 6.07) is 6.10. The van der Waals surface area contributed by atoms with Gasteiger partial charge in [0.25, 0.3) is 5.69 Å². The molecule has 0 saturated carbocycles. The van der Waals surface area contributed by atoms with Gasteiger partial charge in [0.05, 0.1) is 17.7 Å². The van der Waals surface area contributed by atoms with Gasteiger partial charge in [0.2, 0.25) is 0 Å². The summed E-state index contributed by atoms with van der Waals surface area (Å²) < 4.78 is 1.48. The van der Waals surface area contributed by atoms with Crippen molar-refractivity contribution in [2.75, 3.05) is 0 Å². The first-order valence-electron chi connectivity index (χ1n) is 5.06. The number of pyridine rings is 2. The molecule has 2 rings (SSSR count). The number of nitrogens with zero attached hydrogens (tertiary/aromatic N) is 3. The molecular formula is C11H9ClN4O2. The Kier molecular flexibility index (Phi) is 3.38. The lowest BCUT2D eigenvalue weighted by Gasteiger charge is -2.06. The summed E-state index contributed by atoms with van der Waals surface area (Å²) in [7, 11) is 0. The first-order chi connectivity index (χ1) is 8.56. The lowest BCUT2D eigenvalue weighted by molar-refractivity contribution is -0.385. The van der Waals surface area contributed by atoms with Crippen molar-refractivity contribution in [1.29, 1.82) is 5.41 Å². The lowest BCUT2D eigenvalue weighted by atomic mass is 10.3. The van der Waals surface area contributed by atoms with Crippen molar-refractivity contribution < 1.29 is 4.92 Å². The number of rotatable bonds is 3. The van der Waals surface area contributed by atoms with Crippen LogP contribution in [0.25, 0.3) is 0 Å². The van der Waals surface area contributed by atoms with E-state index >= 15 is 0 Å². The monoisotopic (exact) mass is 264 g/mol. The van der Waals surface area contributed by atoms with E-state index < -0.39 is 4.92 Å². The molecule has 2 aromatic rings. The van der Waals surface area contributed by atoms with Crippen LogP contribution in [0.4, 0.5) is 5.69 Å². The summed E-state index contributed by atoms with van der Waals surface area (Å²) in [5.41, 5.74) is 0.960. The zero-order valence-corrected chi connectivity index (χ0v) is 9.96. The van der Waals surface area contributed by atoms with Crippen molar-refractivity contribution in [3.8, 4) is 0 Å². The van der Waals surface area contributed by atoms with Crippen molar-refractivity contribution in [3.05, 3.63) is 63.0 Å². The minimum Gasteiger partial charge on any atom is -0.323 e. The van der Waals surface area contributed by atoms with Gasteiger partial charge < -0.3 is 4.57 Å². The quantitative estimate of drug-likeness (QED) is 0.522. The minimum atomic E-state index is -0.490. The fourth-order valence-electron chi connectivity index (χ4n) is 1.47. The molecule has 0 aromatic carbocycles. The predicted octanol–water partition coefficient (Wildman–Crippen LogP) is 1.97. The van der Waals surface area contributed by atoms with Crippen LogP contribution in [0.5, 0.6) is 0 Å². The van der Waals surface area contributed by atoms with Crippen LogP contribution in [0.2, 0.25) is 5.15 Å². The highest BCUT2D eigenvalue weighted by Crippen LogP contribution is 2.09. The largest absolute Gasteiger partial charge is 0.323 e. The Morgan fingerprint density at radius 1 is 1.39 bits per heavy atom. The molecule has 0 bridgehead atoms. The third-order valence-corrected chi connectivity index (χ3v) is 2.59. The molecule has 7 heteroatoms. The Morgan fingerprint density at radius 2 is 2.17 bits per heavy atom.